The van der Waals surface area contributed by atoms with Gasteiger partial charge < -0.3 is 4.74 Å². The van der Waals surface area contributed by atoms with Crippen molar-refractivity contribution in [2.45, 2.75) is 17.7 Å². The smallest absolute Gasteiger partial charge is 0.261 e. The molecule has 0 fully saturated rings. The van der Waals surface area contributed by atoms with Gasteiger partial charge in [-0.3, -0.25) is 0 Å². The van der Waals surface area contributed by atoms with Gasteiger partial charge in [-0.15, -0.1) is 0 Å². The zero-order valence-corrected chi connectivity index (χ0v) is 10.4. The van der Waals surface area contributed by atoms with E-state index in [4.69, 9.17) is 0 Å². The van der Waals surface area contributed by atoms with Gasteiger partial charge in [0.05, 0.1) is 0 Å². The van der Waals surface area contributed by atoms with E-state index in [1.165, 1.54) is 6.07 Å². The SMILES string of the molecule is Fc1ccc(C(Br)CCOCC(F)F)c(F)c1. The van der Waals surface area contributed by atoms with Gasteiger partial charge in [-0.25, -0.2) is 17.6 Å². The van der Waals surface area contributed by atoms with Crippen LogP contribution in [0.5, 0.6) is 0 Å². The van der Waals surface area contributed by atoms with E-state index in [1.807, 2.05) is 0 Å². The molecule has 0 saturated carbocycles. The lowest BCUT2D eigenvalue weighted by atomic mass is 10.1. The standard InChI is InChI=1S/C11H11BrF4O/c12-9(3-4-17-6-11(15)16)8-2-1-7(13)5-10(8)14/h1-2,5,9,11H,3-4,6H2. The molecule has 0 aliphatic rings. The molecule has 0 bridgehead atoms. The molecule has 0 radical (unpaired) electrons. The minimum absolute atomic E-state index is 0.0804. The molecule has 0 aliphatic carbocycles. The van der Waals surface area contributed by atoms with Crippen LogP contribution in [0.3, 0.4) is 0 Å². The fourth-order valence-electron chi connectivity index (χ4n) is 1.27. The van der Waals surface area contributed by atoms with Crippen molar-refractivity contribution >= 4 is 15.9 Å². The van der Waals surface area contributed by atoms with Crippen LogP contribution < -0.4 is 0 Å². The zero-order chi connectivity index (χ0) is 12.8. The van der Waals surface area contributed by atoms with Crippen molar-refractivity contribution in [3.63, 3.8) is 0 Å². The van der Waals surface area contributed by atoms with E-state index in [9.17, 15) is 17.6 Å². The van der Waals surface area contributed by atoms with Gasteiger partial charge in [0.2, 0.25) is 0 Å². The van der Waals surface area contributed by atoms with E-state index in [0.29, 0.717) is 6.42 Å². The third-order valence-corrected chi connectivity index (χ3v) is 3.01. The van der Waals surface area contributed by atoms with Crippen LogP contribution in [-0.4, -0.2) is 19.6 Å². The van der Waals surface area contributed by atoms with E-state index in [-0.39, 0.29) is 17.0 Å². The number of halogens is 5. The molecule has 17 heavy (non-hydrogen) atoms. The second-order valence-electron chi connectivity index (χ2n) is 3.39. The quantitative estimate of drug-likeness (QED) is 0.437. The molecule has 1 nitrogen and oxygen atoms in total. The number of benzene rings is 1. The summed E-state index contributed by atoms with van der Waals surface area (Å²) in [6, 6.07) is 3.24. The summed E-state index contributed by atoms with van der Waals surface area (Å²) in [6.07, 6.45) is -2.18. The third-order valence-electron chi connectivity index (χ3n) is 2.06. The summed E-state index contributed by atoms with van der Waals surface area (Å²) >= 11 is 3.20. The molecule has 0 saturated heterocycles. The van der Waals surface area contributed by atoms with Crippen molar-refractivity contribution in [1.82, 2.24) is 0 Å². The molecule has 1 atom stereocenters. The summed E-state index contributed by atoms with van der Waals surface area (Å²) in [4.78, 5) is -0.388. The van der Waals surface area contributed by atoms with Crippen LogP contribution in [0, 0.1) is 11.6 Å². The fraction of sp³-hybridized carbons (Fsp3) is 0.455. The maximum atomic E-state index is 13.3. The number of ether oxygens (including phenoxy) is 1. The minimum Gasteiger partial charge on any atom is -0.375 e. The Bertz CT molecular complexity index is 359. The van der Waals surface area contributed by atoms with E-state index in [0.717, 1.165) is 12.1 Å². The molecule has 1 rings (SSSR count). The van der Waals surface area contributed by atoms with Crippen molar-refractivity contribution in [3.05, 3.63) is 35.4 Å². The summed E-state index contributed by atoms with van der Waals surface area (Å²) in [6.45, 7) is -0.553. The van der Waals surface area contributed by atoms with Gasteiger partial charge >= 0.3 is 0 Å². The highest BCUT2D eigenvalue weighted by Gasteiger charge is 2.13. The summed E-state index contributed by atoms with van der Waals surface area (Å²) in [5.41, 5.74) is 0.284. The highest BCUT2D eigenvalue weighted by molar-refractivity contribution is 9.09. The first-order valence-electron chi connectivity index (χ1n) is 4.95. The Morgan fingerprint density at radius 1 is 1.24 bits per heavy atom. The van der Waals surface area contributed by atoms with Crippen molar-refractivity contribution in [1.29, 1.82) is 0 Å². The maximum Gasteiger partial charge on any atom is 0.261 e. The summed E-state index contributed by atoms with van der Waals surface area (Å²) < 4.78 is 54.1. The second-order valence-corrected chi connectivity index (χ2v) is 4.49. The van der Waals surface area contributed by atoms with Gasteiger partial charge in [0.15, 0.2) is 0 Å². The van der Waals surface area contributed by atoms with Gasteiger partial charge in [0, 0.05) is 23.1 Å². The first-order chi connectivity index (χ1) is 8.00. The predicted molar refractivity (Wildman–Crippen MR) is 59.5 cm³/mol. The highest BCUT2D eigenvalue weighted by Crippen LogP contribution is 2.28. The van der Waals surface area contributed by atoms with E-state index < -0.39 is 24.7 Å². The van der Waals surface area contributed by atoms with Gasteiger partial charge in [-0.1, -0.05) is 22.0 Å². The first kappa shape index (κ1) is 14.4. The molecule has 96 valence electrons. The van der Waals surface area contributed by atoms with Crippen LogP contribution in [-0.2, 0) is 4.74 Å². The van der Waals surface area contributed by atoms with Crippen LogP contribution >= 0.6 is 15.9 Å². The van der Waals surface area contributed by atoms with E-state index in [1.54, 1.807) is 0 Å². The summed E-state index contributed by atoms with van der Waals surface area (Å²) in [5, 5.41) is 0. The number of hydrogen-bond acceptors (Lipinski definition) is 1. The molecule has 1 unspecified atom stereocenters. The van der Waals surface area contributed by atoms with Gasteiger partial charge in [0.1, 0.15) is 18.2 Å². The number of alkyl halides is 3. The lowest BCUT2D eigenvalue weighted by Gasteiger charge is -2.11. The Morgan fingerprint density at radius 3 is 2.53 bits per heavy atom. The Morgan fingerprint density at radius 2 is 1.94 bits per heavy atom. The van der Waals surface area contributed by atoms with Gasteiger partial charge in [-0.2, -0.15) is 0 Å². The third kappa shape index (κ3) is 5.04. The Balaban J connectivity index is 2.44. The predicted octanol–water partition coefficient (Wildman–Crippen LogP) is 4.07. The Hall–Kier alpha value is -0.620. The second kappa shape index (κ2) is 6.96. The topological polar surface area (TPSA) is 9.23 Å². The van der Waals surface area contributed by atoms with E-state index >= 15 is 0 Å². The molecule has 0 heterocycles. The van der Waals surface area contributed by atoms with E-state index in [2.05, 4.69) is 20.7 Å². The Labute approximate surface area is 105 Å². The van der Waals surface area contributed by atoms with Crippen molar-refractivity contribution in [2.24, 2.45) is 0 Å². The lowest BCUT2D eigenvalue weighted by Crippen LogP contribution is -2.07. The summed E-state index contributed by atoms with van der Waals surface area (Å²) in [7, 11) is 0. The van der Waals surface area contributed by atoms with Crippen LogP contribution in [0.1, 0.15) is 16.8 Å². The average Bonchev–Trinajstić information content (AvgIpc) is 2.23. The molecule has 0 amide bonds. The highest BCUT2D eigenvalue weighted by atomic mass is 79.9. The monoisotopic (exact) mass is 314 g/mol. The molecule has 0 N–H and O–H groups in total. The fourth-order valence-corrected chi connectivity index (χ4v) is 1.83. The lowest BCUT2D eigenvalue weighted by molar-refractivity contribution is 0.0167. The molecule has 6 heteroatoms. The average molecular weight is 315 g/mol. The first-order valence-corrected chi connectivity index (χ1v) is 5.87. The van der Waals surface area contributed by atoms with Crippen LogP contribution in [0.15, 0.2) is 18.2 Å². The maximum absolute atomic E-state index is 13.3. The molecule has 1 aromatic carbocycles. The van der Waals surface area contributed by atoms with Crippen LogP contribution in [0.2, 0.25) is 0 Å². The molecule has 0 spiro atoms. The normalized spacial score (nSPS) is 13.1. The summed E-state index contributed by atoms with van der Waals surface area (Å²) in [5.74, 6) is -1.32. The number of hydrogen-bond donors (Lipinski definition) is 0. The minimum atomic E-state index is -2.51. The largest absolute Gasteiger partial charge is 0.375 e. The van der Waals surface area contributed by atoms with Gasteiger partial charge in [0.25, 0.3) is 6.43 Å². The Kier molecular flexibility index (Phi) is 5.91. The number of rotatable bonds is 6. The molecule has 0 aliphatic heterocycles. The molecule has 1 aromatic rings. The van der Waals surface area contributed by atoms with Crippen molar-refractivity contribution in [3.8, 4) is 0 Å². The molecular formula is C11H11BrF4O. The zero-order valence-electron chi connectivity index (χ0n) is 8.81. The van der Waals surface area contributed by atoms with Crippen molar-refractivity contribution < 1.29 is 22.3 Å². The van der Waals surface area contributed by atoms with Crippen LogP contribution in [0.4, 0.5) is 17.6 Å². The molecular weight excluding hydrogens is 304 g/mol. The molecule has 0 aromatic heterocycles. The van der Waals surface area contributed by atoms with Crippen molar-refractivity contribution in [2.75, 3.05) is 13.2 Å². The van der Waals surface area contributed by atoms with Crippen LogP contribution in [0.25, 0.3) is 0 Å². The van der Waals surface area contributed by atoms with Gasteiger partial charge in [-0.05, 0) is 12.5 Å².